The quantitative estimate of drug-likeness (QED) is 0.470. The van der Waals surface area contributed by atoms with Crippen LogP contribution < -0.4 is 10.6 Å². The second kappa shape index (κ2) is 11.6. The number of hydrogen-bond donors (Lipinski definition) is 2. The van der Waals surface area contributed by atoms with Crippen molar-refractivity contribution >= 4 is 11.6 Å². The Kier molecular flexibility index (Phi) is 9.11. The summed E-state index contributed by atoms with van der Waals surface area (Å²) in [4.78, 5) is 11.8. The van der Waals surface area contributed by atoms with E-state index in [-0.39, 0.29) is 0 Å². The van der Waals surface area contributed by atoms with Gasteiger partial charge in [0.25, 0.3) is 0 Å². The highest BCUT2D eigenvalue weighted by Crippen LogP contribution is 2.05. The van der Waals surface area contributed by atoms with E-state index >= 15 is 0 Å². The summed E-state index contributed by atoms with van der Waals surface area (Å²) in [6.45, 7) is 13.8. The summed E-state index contributed by atoms with van der Waals surface area (Å²) < 4.78 is 2.06. The molecule has 0 aliphatic heterocycles. The average molecular weight is 373 g/mol. The van der Waals surface area contributed by atoms with E-state index in [4.69, 9.17) is 4.99 Å². The minimum atomic E-state index is 0.411. The lowest BCUT2D eigenvalue weighted by atomic mass is 10.2. The number of nitrogens with zero attached hydrogens (tertiary/aromatic N) is 4. The maximum atomic E-state index is 4.73. The normalized spacial score (nSPS) is 13.3. The van der Waals surface area contributed by atoms with Gasteiger partial charge in [-0.15, -0.1) is 0 Å². The molecule has 2 aromatic heterocycles. The zero-order chi connectivity index (χ0) is 19.5. The van der Waals surface area contributed by atoms with Crippen LogP contribution in [0.2, 0.25) is 0 Å². The minimum Gasteiger partial charge on any atom is -0.357 e. The monoisotopic (exact) mass is 372 g/mol. The van der Waals surface area contributed by atoms with Gasteiger partial charge < -0.3 is 19.9 Å². The Balaban J connectivity index is 1.80. The number of aliphatic imine (C=N–C) groups is 1. The van der Waals surface area contributed by atoms with Crippen molar-refractivity contribution in [2.45, 2.75) is 53.0 Å². The number of pyridine rings is 1. The number of rotatable bonds is 11. The van der Waals surface area contributed by atoms with Gasteiger partial charge in [0, 0.05) is 37.9 Å². The van der Waals surface area contributed by atoms with Crippen LogP contribution in [0.15, 0.2) is 35.6 Å². The molecule has 1 unspecified atom stereocenters. The highest BCUT2D eigenvalue weighted by atomic mass is 15.2. The highest BCUT2D eigenvalue weighted by molar-refractivity contribution is 5.80. The van der Waals surface area contributed by atoms with Gasteiger partial charge in [-0.05, 0) is 58.5 Å². The van der Waals surface area contributed by atoms with Gasteiger partial charge in [0.1, 0.15) is 5.65 Å². The largest absolute Gasteiger partial charge is 0.357 e. The second-order valence-corrected chi connectivity index (χ2v) is 6.92. The molecule has 6 heteroatoms. The molecule has 0 aliphatic carbocycles. The first-order valence-electron chi connectivity index (χ1n) is 10.4. The predicted octanol–water partition coefficient (Wildman–Crippen LogP) is 2.94. The van der Waals surface area contributed by atoms with Crippen molar-refractivity contribution in [3.05, 3.63) is 36.3 Å². The number of aromatic nitrogens is 2. The molecule has 0 amide bonds. The van der Waals surface area contributed by atoms with Gasteiger partial charge in [-0.25, -0.2) is 4.98 Å². The predicted molar refractivity (Wildman–Crippen MR) is 114 cm³/mol. The Labute approximate surface area is 164 Å². The van der Waals surface area contributed by atoms with E-state index in [1.165, 1.54) is 13.0 Å². The minimum absolute atomic E-state index is 0.411. The zero-order valence-electron chi connectivity index (χ0n) is 17.4. The lowest BCUT2D eigenvalue weighted by Gasteiger charge is -2.21. The van der Waals surface area contributed by atoms with Crippen molar-refractivity contribution < 1.29 is 0 Å². The third-order valence-corrected chi connectivity index (χ3v) is 4.78. The van der Waals surface area contributed by atoms with E-state index in [9.17, 15) is 0 Å². The van der Waals surface area contributed by atoms with Crippen LogP contribution >= 0.6 is 0 Å². The molecular weight excluding hydrogens is 336 g/mol. The van der Waals surface area contributed by atoms with Crippen molar-refractivity contribution in [2.75, 3.05) is 32.7 Å². The first kappa shape index (κ1) is 21.2. The van der Waals surface area contributed by atoms with E-state index in [2.05, 4.69) is 58.8 Å². The van der Waals surface area contributed by atoms with Crippen LogP contribution in [0.3, 0.4) is 0 Å². The third kappa shape index (κ3) is 7.21. The molecule has 27 heavy (non-hydrogen) atoms. The molecule has 6 nitrogen and oxygen atoms in total. The molecule has 0 aromatic carbocycles. The fourth-order valence-corrected chi connectivity index (χ4v) is 3.18. The molecule has 150 valence electrons. The molecule has 1 atom stereocenters. The van der Waals surface area contributed by atoms with E-state index in [0.717, 1.165) is 56.3 Å². The lowest BCUT2D eigenvalue weighted by molar-refractivity contribution is 0.292. The second-order valence-electron chi connectivity index (χ2n) is 6.92. The van der Waals surface area contributed by atoms with Crippen LogP contribution in [0.4, 0.5) is 0 Å². The molecule has 2 rings (SSSR count). The Morgan fingerprint density at radius 1 is 1.26 bits per heavy atom. The van der Waals surface area contributed by atoms with E-state index < -0.39 is 0 Å². The molecule has 0 fully saturated rings. The first-order valence-corrected chi connectivity index (χ1v) is 10.4. The van der Waals surface area contributed by atoms with Crippen LogP contribution in [0.25, 0.3) is 5.65 Å². The molecule has 0 radical (unpaired) electrons. The standard InChI is InChI=1S/C21H36N6/c1-5-22-21(24-18(4)11-10-15-26(6-2)7-3)23-14-13-19-17-27-16-9-8-12-20(27)25-19/h8-9,12,16-18H,5-7,10-11,13-15H2,1-4H3,(H2,22,23,24). The molecule has 0 saturated heterocycles. The van der Waals surface area contributed by atoms with Crippen molar-refractivity contribution in [3.8, 4) is 0 Å². The van der Waals surface area contributed by atoms with E-state index in [1.807, 2.05) is 24.4 Å². The molecule has 0 bridgehead atoms. The SMILES string of the molecule is CCNC(=NCCc1cn2ccccc2n1)NC(C)CCCN(CC)CC. The van der Waals surface area contributed by atoms with Gasteiger partial charge in [0.05, 0.1) is 5.69 Å². The van der Waals surface area contributed by atoms with Crippen molar-refractivity contribution in [3.63, 3.8) is 0 Å². The smallest absolute Gasteiger partial charge is 0.191 e. The molecule has 0 spiro atoms. The van der Waals surface area contributed by atoms with E-state index in [1.54, 1.807) is 0 Å². The van der Waals surface area contributed by atoms with Gasteiger partial charge in [-0.2, -0.15) is 0 Å². The van der Waals surface area contributed by atoms with Crippen molar-refractivity contribution in [1.82, 2.24) is 24.9 Å². The first-order chi connectivity index (χ1) is 13.2. The van der Waals surface area contributed by atoms with Gasteiger partial charge >= 0.3 is 0 Å². The fourth-order valence-electron chi connectivity index (χ4n) is 3.18. The number of guanidine groups is 1. The molecule has 2 aromatic rings. The maximum Gasteiger partial charge on any atom is 0.191 e. The average Bonchev–Trinajstić information content (AvgIpc) is 3.08. The summed E-state index contributed by atoms with van der Waals surface area (Å²) in [5.41, 5.74) is 2.07. The Bertz CT molecular complexity index is 656. The number of hydrogen-bond acceptors (Lipinski definition) is 3. The Hall–Kier alpha value is -2.08. The molecule has 2 N–H and O–H groups in total. The molecule has 0 aliphatic rings. The summed E-state index contributed by atoms with van der Waals surface area (Å²) in [6, 6.07) is 6.47. The van der Waals surface area contributed by atoms with Crippen LogP contribution in [0.1, 0.15) is 46.2 Å². The van der Waals surface area contributed by atoms with Gasteiger partial charge in [0.2, 0.25) is 0 Å². The van der Waals surface area contributed by atoms with E-state index in [0.29, 0.717) is 6.04 Å². The highest BCUT2D eigenvalue weighted by Gasteiger charge is 2.07. The number of fused-ring (bicyclic) bond motifs is 1. The number of imidazole rings is 1. The summed E-state index contributed by atoms with van der Waals surface area (Å²) in [5, 5.41) is 6.89. The lowest BCUT2D eigenvalue weighted by Crippen LogP contribution is -2.42. The summed E-state index contributed by atoms with van der Waals surface area (Å²) >= 11 is 0. The van der Waals surface area contributed by atoms with Gasteiger partial charge in [-0.1, -0.05) is 19.9 Å². The van der Waals surface area contributed by atoms with Gasteiger partial charge in [-0.3, -0.25) is 4.99 Å². The van der Waals surface area contributed by atoms with Crippen molar-refractivity contribution in [2.24, 2.45) is 4.99 Å². The fraction of sp³-hybridized carbons (Fsp3) is 0.619. The Morgan fingerprint density at radius 2 is 2.07 bits per heavy atom. The number of nitrogens with one attached hydrogen (secondary N) is 2. The van der Waals surface area contributed by atoms with Crippen LogP contribution in [-0.4, -0.2) is 59.0 Å². The summed E-state index contributed by atoms with van der Waals surface area (Å²) in [7, 11) is 0. The third-order valence-electron chi connectivity index (χ3n) is 4.78. The summed E-state index contributed by atoms with van der Waals surface area (Å²) in [6.07, 6.45) is 7.31. The zero-order valence-corrected chi connectivity index (χ0v) is 17.4. The summed E-state index contributed by atoms with van der Waals surface area (Å²) in [5.74, 6) is 0.900. The molecular formula is C21H36N6. The molecule has 2 heterocycles. The maximum absolute atomic E-state index is 4.73. The Morgan fingerprint density at radius 3 is 2.78 bits per heavy atom. The van der Waals surface area contributed by atoms with Crippen LogP contribution in [0.5, 0.6) is 0 Å². The molecule has 0 saturated carbocycles. The topological polar surface area (TPSA) is 57.0 Å². The van der Waals surface area contributed by atoms with Gasteiger partial charge in [0.15, 0.2) is 5.96 Å². The van der Waals surface area contributed by atoms with Crippen LogP contribution in [-0.2, 0) is 6.42 Å². The van der Waals surface area contributed by atoms with Crippen molar-refractivity contribution in [1.29, 1.82) is 0 Å². The van der Waals surface area contributed by atoms with Crippen LogP contribution in [0, 0.1) is 0 Å².